The molecule has 0 saturated carbocycles. The molecular formula is C11H10Cl2N4O. The number of benzene rings is 1. The van der Waals surface area contributed by atoms with E-state index in [-0.39, 0.29) is 21.6 Å². The monoisotopic (exact) mass is 284 g/mol. The highest BCUT2D eigenvalue weighted by Crippen LogP contribution is 2.29. The zero-order valence-corrected chi connectivity index (χ0v) is 11.0. The molecule has 5 nitrogen and oxygen atoms in total. The quantitative estimate of drug-likeness (QED) is 0.833. The predicted molar refractivity (Wildman–Crippen MR) is 72.0 cm³/mol. The number of aryl methyl sites for hydroxylation is 1. The van der Waals surface area contributed by atoms with E-state index in [4.69, 9.17) is 28.9 Å². The Bertz CT molecular complexity index is 586. The molecule has 0 unspecified atom stereocenters. The highest BCUT2D eigenvalue weighted by molar-refractivity contribution is 6.39. The molecule has 0 radical (unpaired) electrons. The lowest BCUT2D eigenvalue weighted by atomic mass is 10.2. The molecule has 1 amide bonds. The van der Waals surface area contributed by atoms with Crippen molar-refractivity contribution >= 4 is 40.6 Å². The van der Waals surface area contributed by atoms with Crippen LogP contribution >= 0.6 is 23.2 Å². The number of hydrogen-bond donors (Lipinski definition) is 2. The molecule has 18 heavy (non-hydrogen) atoms. The van der Waals surface area contributed by atoms with E-state index in [1.165, 1.54) is 12.1 Å². The van der Waals surface area contributed by atoms with Crippen LogP contribution in [0.25, 0.3) is 0 Å². The van der Waals surface area contributed by atoms with Crippen molar-refractivity contribution in [3.05, 3.63) is 40.0 Å². The molecule has 94 valence electrons. The number of anilines is 2. The van der Waals surface area contributed by atoms with Gasteiger partial charge in [-0.25, -0.2) is 0 Å². The summed E-state index contributed by atoms with van der Waals surface area (Å²) in [5, 5.41) is 7.12. The van der Waals surface area contributed by atoms with Gasteiger partial charge in [0.15, 0.2) is 0 Å². The minimum atomic E-state index is -0.331. The van der Waals surface area contributed by atoms with Crippen molar-refractivity contribution in [1.29, 1.82) is 0 Å². The molecule has 0 bridgehead atoms. The number of rotatable bonds is 2. The van der Waals surface area contributed by atoms with Crippen molar-refractivity contribution in [3.63, 3.8) is 0 Å². The average Bonchev–Trinajstić information content (AvgIpc) is 2.71. The number of hydrogen-bond acceptors (Lipinski definition) is 3. The van der Waals surface area contributed by atoms with Crippen LogP contribution in [0.1, 0.15) is 10.4 Å². The van der Waals surface area contributed by atoms with Crippen LogP contribution in [0, 0.1) is 0 Å². The second kappa shape index (κ2) is 4.88. The lowest BCUT2D eigenvalue weighted by Crippen LogP contribution is -2.14. The summed E-state index contributed by atoms with van der Waals surface area (Å²) in [5.74, 6) is 0.242. The zero-order valence-electron chi connectivity index (χ0n) is 9.45. The Morgan fingerprint density at radius 1 is 1.39 bits per heavy atom. The van der Waals surface area contributed by atoms with Crippen molar-refractivity contribution in [2.75, 3.05) is 11.1 Å². The Labute approximate surface area is 113 Å². The van der Waals surface area contributed by atoms with Crippen molar-refractivity contribution in [1.82, 2.24) is 9.78 Å². The third-order valence-corrected chi connectivity index (χ3v) is 3.03. The molecule has 1 aromatic heterocycles. The zero-order chi connectivity index (χ0) is 13.3. The number of carbonyl (C=O) groups excluding carboxylic acids is 1. The second-order valence-electron chi connectivity index (χ2n) is 3.65. The van der Waals surface area contributed by atoms with Gasteiger partial charge in [-0.3, -0.25) is 9.48 Å². The molecule has 7 heteroatoms. The van der Waals surface area contributed by atoms with Crippen molar-refractivity contribution in [3.8, 4) is 0 Å². The molecule has 2 rings (SSSR count). The van der Waals surface area contributed by atoms with E-state index in [1.54, 1.807) is 24.0 Å². The van der Waals surface area contributed by atoms with Gasteiger partial charge in [0.25, 0.3) is 5.91 Å². The minimum Gasteiger partial charge on any atom is -0.396 e. The molecule has 0 atom stereocenters. The van der Waals surface area contributed by atoms with Crippen LogP contribution in [0.5, 0.6) is 0 Å². The second-order valence-corrected chi connectivity index (χ2v) is 4.46. The number of carbonyl (C=O) groups is 1. The Morgan fingerprint density at radius 2 is 2.00 bits per heavy atom. The van der Waals surface area contributed by atoms with Gasteiger partial charge in [-0.15, -0.1) is 0 Å². The molecule has 0 saturated heterocycles. The minimum absolute atomic E-state index is 0.248. The maximum Gasteiger partial charge on any atom is 0.256 e. The van der Waals surface area contributed by atoms with Crippen molar-refractivity contribution in [2.24, 2.45) is 7.05 Å². The molecular weight excluding hydrogens is 275 g/mol. The summed E-state index contributed by atoms with van der Waals surface area (Å²) in [6.07, 6.45) is 1.58. The molecule has 0 fully saturated rings. The Kier molecular flexibility index (Phi) is 3.45. The number of nitrogens with two attached hydrogens (primary N) is 1. The molecule has 0 aliphatic carbocycles. The fraction of sp³-hybridized carbons (Fsp3) is 0.0909. The fourth-order valence-electron chi connectivity index (χ4n) is 1.40. The van der Waals surface area contributed by atoms with Gasteiger partial charge in [0, 0.05) is 18.7 Å². The molecule has 2 aromatic rings. The van der Waals surface area contributed by atoms with Crippen molar-refractivity contribution in [2.45, 2.75) is 0 Å². The van der Waals surface area contributed by atoms with E-state index in [9.17, 15) is 4.79 Å². The fourth-order valence-corrected chi connectivity index (χ4v) is 1.89. The standard InChI is InChI=1S/C11H10Cl2N4O/c1-17-9(2-3-15-17)16-11(18)6-4-7(12)10(14)8(13)5-6/h2-5H,14H2,1H3,(H,16,18). The average molecular weight is 285 g/mol. The molecule has 1 aromatic carbocycles. The van der Waals surface area contributed by atoms with Crippen LogP contribution in [0.15, 0.2) is 24.4 Å². The number of aromatic nitrogens is 2. The molecule has 0 spiro atoms. The molecule has 3 N–H and O–H groups in total. The van der Waals surface area contributed by atoms with Crippen LogP contribution in [-0.4, -0.2) is 15.7 Å². The smallest absolute Gasteiger partial charge is 0.256 e. The number of nitrogens with one attached hydrogen (secondary N) is 1. The lowest BCUT2D eigenvalue weighted by Gasteiger charge is -2.07. The maximum atomic E-state index is 12.0. The topological polar surface area (TPSA) is 72.9 Å². The van der Waals surface area contributed by atoms with Gasteiger partial charge in [-0.1, -0.05) is 23.2 Å². The Hall–Kier alpha value is -1.72. The Morgan fingerprint density at radius 3 is 2.50 bits per heavy atom. The van der Waals surface area contributed by atoms with Crippen molar-refractivity contribution < 1.29 is 4.79 Å². The third-order valence-electron chi connectivity index (χ3n) is 2.40. The first kappa shape index (κ1) is 12.7. The van der Waals surface area contributed by atoms with E-state index in [0.717, 1.165) is 0 Å². The van der Waals surface area contributed by atoms with Crippen LogP contribution < -0.4 is 11.1 Å². The van der Waals surface area contributed by atoms with Gasteiger partial charge in [-0.2, -0.15) is 5.10 Å². The largest absolute Gasteiger partial charge is 0.396 e. The SMILES string of the molecule is Cn1nccc1NC(=O)c1cc(Cl)c(N)c(Cl)c1. The van der Waals surface area contributed by atoms with E-state index in [2.05, 4.69) is 10.4 Å². The summed E-state index contributed by atoms with van der Waals surface area (Å²) in [4.78, 5) is 12.0. The van der Waals surface area contributed by atoms with Gasteiger partial charge in [0.2, 0.25) is 0 Å². The van der Waals surface area contributed by atoms with Gasteiger partial charge in [0.05, 0.1) is 21.9 Å². The van der Waals surface area contributed by atoms with Crippen LogP contribution in [0.2, 0.25) is 10.0 Å². The summed E-state index contributed by atoms with van der Waals surface area (Å²) in [6.45, 7) is 0. The van der Waals surface area contributed by atoms with E-state index in [0.29, 0.717) is 11.4 Å². The van der Waals surface area contributed by atoms with Gasteiger partial charge < -0.3 is 11.1 Å². The van der Waals surface area contributed by atoms with E-state index in [1.807, 2.05) is 0 Å². The van der Waals surface area contributed by atoms with Gasteiger partial charge >= 0.3 is 0 Å². The first-order valence-corrected chi connectivity index (χ1v) is 5.78. The Balaban J connectivity index is 2.27. The van der Waals surface area contributed by atoms with Gasteiger partial charge in [0.1, 0.15) is 5.82 Å². The van der Waals surface area contributed by atoms with Crippen LogP contribution in [0.4, 0.5) is 11.5 Å². The first-order valence-electron chi connectivity index (χ1n) is 5.03. The van der Waals surface area contributed by atoms with E-state index >= 15 is 0 Å². The number of nitrogen functional groups attached to an aromatic ring is 1. The van der Waals surface area contributed by atoms with Crippen LogP contribution in [-0.2, 0) is 7.05 Å². The summed E-state index contributed by atoms with van der Waals surface area (Å²) in [6, 6.07) is 4.61. The van der Waals surface area contributed by atoms with Gasteiger partial charge in [-0.05, 0) is 12.1 Å². The molecule has 1 heterocycles. The summed E-state index contributed by atoms with van der Waals surface area (Å²) in [5.41, 5.74) is 6.19. The first-order chi connectivity index (χ1) is 8.49. The number of amides is 1. The third kappa shape index (κ3) is 2.42. The summed E-state index contributed by atoms with van der Waals surface area (Å²) >= 11 is 11.7. The predicted octanol–water partition coefficient (Wildman–Crippen LogP) is 2.56. The highest BCUT2D eigenvalue weighted by Gasteiger charge is 2.12. The lowest BCUT2D eigenvalue weighted by molar-refractivity contribution is 0.102. The summed E-state index contributed by atoms with van der Waals surface area (Å²) < 4.78 is 1.54. The molecule has 0 aliphatic heterocycles. The number of halogens is 2. The maximum absolute atomic E-state index is 12.0. The van der Waals surface area contributed by atoms with E-state index < -0.39 is 0 Å². The molecule has 0 aliphatic rings. The summed E-state index contributed by atoms with van der Waals surface area (Å²) in [7, 11) is 1.72. The van der Waals surface area contributed by atoms with Crippen LogP contribution in [0.3, 0.4) is 0 Å². The normalized spacial score (nSPS) is 10.4. The number of nitrogens with zero attached hydrogens (tertiary/aromatic N) is 2. The highest BCUT2D eigenvalue weighted by atomic mass is 35.5.